The van der Waals surface area contributed by atoms with E-state index in [1.807, 2.05) is 35.0 Å². The number of carbonyl (C=O) groups is 2. The van der Waals surface area contributed by atoms with Crippen LogP contribution in [0.3, 0.4) is 0 Å². The summed E-state index contributed by atoms with van der Waals surface area (Å²) in [6.07, 6.45) is 7.52. The summed E-state index contributed by atoms with van der Waals surface area (Å²) in [5.41, 5.74) is 1.25. The Morgan fingerprint density at radius 3 is 2.65 bits per heavy atom. The number of aliphatic hydroxyl groups excluding tert-OH is 1. The number of rotatable bonds is 9. The number of ketones is 1. The Balaban J connectivity index is 1.69. The highest BCUT2D eigenvalue weighted by molar-refractivity contribution is 9.10. The molecule has 1 N–H and O–H groups in total. The molecule has 1 amide bonds. The zero-order valence-corrected chi connectivity index (χ0v) is 20.0. The summed E-state index contributed by atoms with van der Waals surface area (Å²) in [4.78, 5) is 31.8. The molecule has 1 aromatic heterocycles. The Bertz CT molecular complexity index is 1220. The summed E-state index contributed by atoms with van der Waals surface area (Å²) < 4.78 is 8.23. The summed E-state index contributed by atoms with van der Waals surface area (Å²) in [6.45, 7) is 4.99. The van der Waals surface area contributed by atoms with Gasteiger partial charge in [-0.1, -0.05) is 40.7 Å². The van der Waals surface area contributed by atoms with Crippen LogP contribution in [0.15, 0.2) is 90.0 Å². The molecule has 0 spiro atoms. The minimum absolute atomic E-state index is 0.0745. The molecule has 0 saturated carbocycles. The van der Waals surface area contributed by atoms with Crippen molar-refractivity contribution in [3.05, 3.63) is 101 Å². The van der Waals surface area contributed by atoms with Gasteiger partial charge in [0.15, 0.2) is 0 Å². The second kappa shape index (κ2) is 10.5. The van der Waals surface area contributed by atoms with Gasteiger partial charge in [-0.25, -0.2) is 4.98 Å². The van der Waals surface area contributed by atoms with Crippen molar-refractivity contribution < 1.29 is 19.4 Å². The number of halogens is 1. The van der Waals surface area contributed by atoms with Gasteiger partial charge in [0.1, 0.15) is 18.1 Å². The van der Waals surface area contributed by atoms with Crippen LogP contribution in [0.4, 0.5) is 0 Å². The van der Waals surface area contributed by atoms with Gasteiger partial charge in [-0.15, -0.1) is 0 Å². The van der Waals surface area contributed by atoms with E-state index in [2.05, 4.69) is 27.5 Å². The minimum atomic E-state index is -0.697. The van der Waals surface area contributed by atoms with E-state index in [9.17, 15) is 14.7 Å². The Morgan fingerprint density at radius 2 is 1.97 bits per heavy atom. The number of aryl methyl sites for hydroxylation is 1. The maximum absolute atomic E-state index is 13.1. The molecule has 1 saturated heterocycles. The number of aromatic nitrogens is 2. The number of amides is 1. The van der Waals surface area contributed by atoms with Crippen molar-refractivity contribution in [3.8, 4) is 5.75 Å². The van der Waals surface area contributed by atoms with Crippen molar-refractivity contribution in [2.45, 2.75) is 19.0 Å². The Hall–Kier alpha value is -3.65. The van der Waals surface area contributed by atoms with E-state index in [1.165, 1.54) is 4.90 Å². The zero-order valence-electron chi connectivity index (χ0n) is 18.4. The molecule has 2 aromatic carbocycles. The van der Waals surface area contributed by atoms with Crippen LogP contribution >= 0.6 is 15.9 Å². The van der Waals surface area contributed by atoms with E-state index >= 15 is 0 Å². The molecule has 34 heavy (non-hydrogen) atoms. The van der Waals surface area contributed by atoms with Gasteiger partial charge in [0, 0.05) is 35.5 Å². The highest BCUT2D eigenvalue weighted by atomic mass is 79.9. The average Bonchev–Trinajstić information content (AvgIpc) is 3.45. The van der Waals surface area contributed by atoms with E-state index in [1.54, 1.807) is 42.9 Å². The summed E-state index contributed by atoms with van der Waals surface area (Å²) in [5.74, 6) is -0.921. The molecule has 1 aliphatic rings. The molecule has 2 heterocycles. The number of nitrogens with zero attached hydrogens (tertiary/aromatic N) is 3. The quantitative estimate of drug-likeness (QED) is 0.190. The van der Waals surface area contributed by atoms with Gasteiger partial charge >= 0.3 is 0 Å². The predicted octanol–water partition coefficient (Wildman–Crippen LogP) is 4.72. The number of ether oxygens (including phenoxy) is 1. The van der Waals surface area contributed by atoms with Gasteiger partial charge in [0.25, 0.3) is 11.7 Å². The van der Waals surface area contributed by atoms with E-state index in [-0.39, 0.29) is 11.3 Å². The predicted molar refractivity (Wildman–Crippen MR) is 132 cm³/mol. The van der Waals surface area contributed by atoms with Gasteiger partial charge in [0.05, 0.1) is 17.9 Å². The molecule has 1 aliphatic heterocycles. The second-order valence-electron chi connectivity index (χ2n) is 7.83. The van der Waals surface area contributed by atoms with E-state index in [4.69, 9.17) is 4.74 Å². The minimum Gasteiger partial charge on any atom is -0.507 e. The molecule has 1 atom stereocenters. The van der Waals surface area contributed by atoms with Crippen LogP contribution in [0, 0.1) is 0 Å². The average molecular weight is 522 g/mol. The lowest BCUT2D eigenvalue weighted by Gasteiger charge is -2.25. The normalized spacial score (nSPS) is 17.2. The van der Waals surface area contributed by atoms with Crippen molar-refractivity contribution in [1.29, 1.82) is 0 Å². The second-order valence-corrected chi connectivity index (χ2v) is 8.74. The van der Waals surface area contributed by atoms with Crippen molar-refractivity contribution in [3.63, 3.8) is 0 Å². The fourth-order valence-electron chi connectivity index (χ4n) is 4.00. The number of hydrogen-bond acceptors (Lipinski definition) is 5. The van der Waals surface area contributed by atoms with Gasteiger partial charge in [-0.2, -0.15) is 0 Å². The van der Waals surface area contributed by atoms with E-state index in [0.717, 1.165) is 10.0 Å². The number of Topliss-reactive ketones (excluding diaryl/α,β-unsaturated/α-hetero) is 1. The van der Waals surface area contributed by atoms with Crippen molar-refractivity contribution in [1.82, 2.24) is 14.5 Å². The van der Waals surface area contributed by atoms with E-state index in [0.29, 0.717) is 37.4 Å². The molecule has 7 nitrogen and oxygen atoms in total. The first-order valence-corrected chi connectivity index (χ1v) is 11.6. The molecule has 0 radical (unpaired) electrons. The van der Waals surface area contributed by atoms with E-state index < -0.39 is 17.7 Å². The van der Waals surface area contributed by atoms with Crippen LogP contribution < -0.4 is 4.74 Å². The van der Waals surface area contributed by atoms with Gasteiger partial charge < -0.3 is 19.3 Å². The first kappa shape index (κ1) is 23.5. The van der Waals surface area contributed by atoms with Crippen LogP contribution in [0.2, 0.25) is 0 Å². The van der Waals surface area contributed by atoms with Crippen molar-refractivity contribution >= 4 is 33.4 Å². The summed E-state index contributed by atoms with van der Waals surface area (Å²) in [6, 6.07) is 13.5. The first-order chi connectivity index (χ1) is 16.5. The summed E-state index contributed by atoms with van der Waals surface area (Å²) >= 11 is 3.47. The Kier molecular flexibility index (Phi) is 7.27. The molecule has 0 aliphatic carbocycles. The number of aliphatic hydroxyl groups is 1. The molecule has 1 unspecified atom stereocenters. The number of benzene rings is 2. The largest absolute Gasteiger partial charge is 0.507 e. The fourth-order valence-corrected chi connectivity index (χ4v) is 4.41. The standard InChI is InChI=1S/C26H24BrN3O4/c1-2-15-34-21-9-7-18(8-10-21)24(31)22-23(19-5-3-6-20(27)16-19)30(26(33)25(22)32)13-4-12-29-14-11-28-17-29/h2-3,5-11,14,16-17,23,31H,1,4,12-13,15H2/b24-22+. The topological polar surface area (TPSA) is 84.7 Å². The monoisotopic (exact) mass is 521 g/mol. The number of hydrogen-bond donors (Lipinski definition) is 1. The van der Waals surface area contributed by atoms with Gasteiger partial charge in [0.2, 0.25) is 0 Å². The van der Waals surface area contributed by atoms with Crippen molar-refractivity contribution in [2.24, 2.45) is 0 Å². The van der Waals surface area contributed by atoms with Gasteiger partial charge in [-0.3, -0.25) is 9.59 Å². The number of carbonyl (C=O) groups excluding carboxylic acids is 2. The highest BCUT2D eigenvalue weighted by Crippen LogP contribution is 2.40. The maximum Gasteiger partial charge on any atom is 0.295 e. The lowest BCUT2D eigenvalue weighted by molar-refractivity contribution is -0.139. The lowest BCUT2D eigenvalue weighted by atomic mass is 9.95. The molecular weight excluding hydrogens is 498 g/mol. The molecule has 4 rings (SSSR count). The maximum atomic E-state index is 13.1. The summed E-state index contributed by atoms with van der Waals surface area (Å²) in [5, 5.41) is 11.2. The Morgan fingerprint density at radius 1 is 1.18 bits per heavy atom. The molecule has 0 bridgehead atoms. The van der Waals surface area contributed by atoms with Crippen LogP contribution in [-0.2, 0) is 16.1 Å². The third-order valence-electron chi connectivity index (χ3n) is 5.57. The molecule has 8 heteroatoms. The SMILES string of the molecule is C=CCOc1ccc(/C(O)=C2\C(=O)C(=O)N(CCCn3ccnc3)C2c2cccc(Br)c2)cc1. The number of likely N-dealkylation sites (tertiary alicyclic amines) is 1. The highest BCUT2D eigenvalue weighted by Gasteiger charge is 2.45. The molecule has 174 valence electrons. The van der Waals surface area contributed by atoms with Crippen LogP contribution in [-0.4, -0.2) is 44.4 Å². The number of imidazole rings is 1. The van der Waals surface area contributed by atoms with Crippen LogP contribution in [0.5, 0.6) is 5.75 Å². The summed E-state index contributed by atoms with van der Waals surface area (Å²) in [7, 11) is 0. The van der Waals surface area contributed by atoms with Gasteiger partial charge in [-0.05, 0) is 48.4 Å². The molecular formula is C26H24BrN3O4. The molecule has 1 fully saturated rings. The Labute approximate surface area is 206 Å². The third-order valence-corrected chi connectivity index (χ3v) is 6.07. The smallest absolute Gasteiger partial charge is 0.295 e. The fraction of sp³-hybridized carbons (Fsp3) is 0.192. The van der Waals surface area contributed by atoms with Crippen LogP contribution in [0.25, 0.3) is 5.76 Å². The third kappa shape index (κ3) is 4.97. The van der Waals surface area contributed by atoms with Crippen molar-refractivity contribution in [2.75, 3.05) is 13.2 Å². The van der Waals surface area contributed by atoms with Crippen LogP contribution in [0.1, 0.15) is 23.6 Å². The molecule has 3 aromatic rings. The zero-order chi connectivity index (χ0) is 24.1. The first-order valence-electron chi connectivity index (χ1n) is 10.8. The lowest BCUT2D eigenvalue weighted by Crippen LogP contribution is -2.31.